The van der Waals surface area contributed by atoms with Crippen LogP contribution in [-0.2, 0) is 6.42 Å². The van der Waals surface area contributed by atoms with E-state index in [2.05, 4.69) is 37.0 Å². The van der Waals surface area contributed by atoms with Crippen LogP contribution in [0.5, 0.6) is 0 Å². The van der Waals surface area contributed by atoms with Gasteiger partial charge in [-0.15, -0.1) is 24.0 Å². The first-order valence-corrected chi connectivity index (χ1v) is 9.10. The molecule has 0 aliphatic rings. The van der Waals surface area contributed by atoms with Crippen molar-refractivity contribution in [2.75, 3.05) is 32.0 Å². The van der Waals surface area contributed by atoms with Gasteiger partial charge < -0.3 is 16.0 Å². The molecule has 1 aromatic carbocycles. The second-order valence-electron chi connectivity index (χ2n) is 5.41. The molecule has 0 unspecified atom stereocenters. The highest BCUT2D eigenvalue weighted by atomic mass is 127. The van der Waals surface area contributed by atoms with Crippen molar-refractivity contribution in [2.45, 2.75) is 6.42 Å². The number of nitrogens with one attached hydrogen (secondary N) is 3. The number of benzene rings is 1. The number of halogens is 1. The van der Waals surface area contributed by atoms with Gasteiger partial charge >= 0.3 is 0 Å². The lowest BCUT2D eigenvalue weighted by Crippen LogP contribution is -2.40. The zero-order valence-corrected chi connectivity index (χ0v) is 17.8. The highest BCUT2D eigenvalue weighted by Crippen LogP contribution is 2.24. The summed E-state index contributed by atoms with van der Waals surface area (Å²) in [5, 5.41) is 10.9. The molecule has 0 saturated heterocycles. The van der Waals surface area contributed by atoms with Crippen LogP contribution in [0.2, 0.25) is 0 Å². The van der Waals surface area contributed by atoms with E-state index >= 15 is 0 Å². The normalized spacial score (nSPS) is 11.0. The maximum Gasteiger partial charge on any atom is 0.191 e. The molecule has 26 heavy (non-hydrogen) atoms. The molecule has 2 heterocycles. The van der Waals surface area contributed by atoms with Crippen molar-refractivity contribution >= 4 is 56.6 Å². The quantitative estimate of drug-likeness (QED) is 0.209. The average Bonchev–Trinajstić information content (AvgIpc) is 3.07. The Labute approximate surface area is 174 Å². The highest BCUT2D eigenvalue weighted by Gasteiger charge is 2.02. The lowest BCUT2D eigenvalue weighted by Gasteiger charge is -2.11. The lowest BCUT2D eigenvalue weighted by molar-refractivity contribution is 0.787. The highest BCUT2D eigenvalue weighted by molar-refractivity contribution is 14.0. The fraction of sp³-hybridized carbons (Fsp3) is 0.278. The summed E-state index contributed by atoms with van der Waals surface area (Å²) < 4.78 is 1.20. The van der Waals surface area contributed by atoms with Gasteiger partial charge in [-0.05, 0) is 24.3 Å². The van der Waals surface area contributed by atoms with Crippen molar-refractivity contribution in [3.05, 3.63) is 54.4 Å². The molecule has 2 aromatic heterocycles. The van der Waals surface area contributed by atoms with Crippen molar-refractivity contribution < 1.29 is 0 Å². The minimum Gasteiger partial charge on any atom is -0.360 e. The number of nitrogens with zero attached hydrogens (tertiary/aromatic N) is 3. The summed E-state index contributed by atoms with van der Waals surface area (Å²) in [4.78, 5) is 13.1. The van der Waals surface area contributed by atoms with E-state index in [0.29, 0.717) is 0 Å². The van der Waals surface area contributed by atoms with Gasteiger partial charge in [0.15, 0.2) is 11.1 Å². The second-order valence-corrected chi connectivity index (χ2v) is 6.44. The number of hydrogen-bond acceptors (Lipinski definition) is 5. The number of fused-ring (bicyclic) bond motifs is 1. The molecule has 0 aliphatic heterocycles. The van der Waals surface area contributed by atoms with Gasteiger partial charge in [-0.1, -0.05) is 29.5 Å². The van der Waals surface area contributed by atoms with E-state index in [-0.39, 0.29) is 24.0 Å². The third-order valence-corrected chi connectivity index (χ3v) is 4.61. The van der Waals surface area contributed by atoms with Crippen LogP contribution in [0.15, 0.2) is 53.7 Å². The molecule has 6 nitrogen and oxygen atoms in total. The molecule has 0 amide bonds. The van der Waals surface area contributed by atoms with E-state index in [9.17, 15) is 0 Å². The summed E-state index contributed by atoms with van der Waals surface area (Å²) in [5.41, 5.74) is 2.11. The molecule has 3 N–H and O–H groups in total. The molecule has 8 heteroatoms. The Balaban J connectivity index is 0.00000243. The van der Waals surface area contributed by atoms with E-state index < -0.39 is 0 Å². The van der Waals surface area contributed by atoms with E-state index in [1.165, 1.54) is 4.70 Å². The van der Waals surface area contributed by atoms with Gasteiger partial charge in [0.25, 0.3) is 0 Å². The Bertz CT molecular complexity index is 788. The first-order valence-electron chi connectivity index (χ1n) is 8.29. The van der Waals surface area contributed by atoms with E-state index in [0.717, 1.165) is 48.4 Å². The van der Waals surface area contributed by atoms with Crippen molar-refractivity contribution in [3.63, 3.8) is 0 Å². The molecule has 138 valence electrons. The van der Waals surface area contributed by atoms with E-state index in [1.54, 1.807) is 18.4 Å². The average molecular weight is 482 g/mol. The van der Waals surface area contributed by atoms with Gasteiger partial charge in [0, 0.05) is 45.0 Å². The molecular formula is C18H23IN6S. The summed E-state index contributed by atoms with van der Waals surface area (Å²) in [5.74, 6) is 0.794. The number of aromatic nitrogens is 2. The lowest BCUT2D eigenvalue weighted by atomic mass is 10.3. The number of thiazole rings is 1. The predicted octanol–water partition coefficient (Wildman–Crippen LogP) is 3.13. The standard InChI is InChI=1S/C18H22N6S.HI/c1-19-17(21-11-9-14-6-4-5-10-20-14)22-12-13-23-18-24-15-7-2-3-8-16(15)25-18;/h2-8,10H,9,11-13H2,1H3,(H,23,24)(H2,19,21,22);1H. The predicted molar refractivity (Wildman–Crippen MR) is 121 cm³/mol. The Hall–Kier alpha value is -1.94. The SMILES string of the molecule is CN=C(NCCNc1nc2ccccc2s1)NCCc1ccccn1.I. The van der Waals surface area contributed by atoms with Gasteiger partial charge in [0.1, 0.15) is 0 Å². The number of rotatable bonds is 7. The maximum atomic E-state index is 4.56. The molecule has 0 radical (unpaired) electrons. The summed E-state index contributed by atoms with van der Waals surface area (Å²) in [6.45, 7) is 2.34. The van der Waals surface area contributed by atoms with Crippen LogP contribution in [0, 0.1) is 0 Å². The number of anilines is 1. The molecule has 0 bridgehead atoms. The Morgan fingerprint density at radius 1 is 1.04 bits per heavy atom. The fourth-order valence-corrected chi connectivity index (χ4v) is 3.27. The van der Waals surface area contributed by atoms with Crippen LogP contribution in [0.4, 0.5) is 5.13 Å². The van der Waals surface area contributed by atoms with Crippen LogP contribution in [0.1, 0.15) is 5.69 Å². The van der Waals surface area contributed by atoms with Gasteiger partial charge in [-0.2, -0.15) is 0 Å². The topological polar surface area (TPSA) is 74.2 Å². The van der Waals surface area contributed by atoms with Crippen molar-refractivity contribution in [1.29, 1.82) is 0 Å². The number of hydrogen-bond donors (Lipinski definition) is 3. The van der Waals surface area contributed by atoms with Crippen LogP contribution < -0.4 is 16.0 Å². The van der Waals surface area contributed by atoms with Crippen LogP contribution >= 0.6 is 35.3 Å². The van der Waals surface area contributed by atoms with Gasteiger partial charge in [-0.3, -0.25) is 9.98 Å². The van der Waals surface area contributed by atoms with Crippen LogP contribution in [0.25, 0.3) is 10.2 Å². The molecule has 3 rings (SSSR count). The largest absolute Gasteiger partial charge is 0.360 e. The minimum atomic E-state index is 0. The summed E-state index contributed by atoms with van der Waals surface area (Å²) in [6, 6.07) is 14.1. The zero-order valence-electron chi connectivity index (χ0n) is 14.6. The van der Waals surface area contributed by atoms with Crippen LogP contribution in [-0.4, -0.2) is 42.6 Å². The molecular weight excluding hydrogens is 459 g/mol. The fourth-order valence-electron chi connectivity index (χ4n) is 2.37. The Kier molecular flexibility index (Phi) is 8.56. The molecule has 0 fully saturated rings. The van der Waals surface area contributed by atoms with Gasteiger partial charge in [0.2, 0.25) is 0 Å². The van der Waals surface area contributed by atoms with Crippen molar-refractivity contribution in [1.82, 2.24) is 20.6 Å². The summed E-state index contributed by atoms with van der Waals surface area (Å²) in [6.07, 6.45) is 2.68. The molecule has 0 atom stereocenters. The molecule has 3 aromatic rings. The number of pyridine rings is 1. The van der Waals surface area contributed by atoms with Gasteiger partial charge in [0.05, 0.1) is 10.2 Å². The number of para-hydroxylation sites is 1. The maximum absolute atomic E-state index is 4.56. The molecule has 0 saturated carbocycles. The van der Waals surface area contributed by atoms with Crippen LogP contribution in [0.3, 0.4) is 0 Å². The zero-order chi connectivity index (χ0) is 17.3. The molecule has 0 aliphatic carbocycles. The van der Waals surface area contributed by atoms with E-state index in [4.69, 9.17) is 0 Å². The van der Waals surface area contributed by atoms with Crippen molar-refractivity contribution in [3.8, 4) is 0 Å². The summed E-state index contributed by atoms with van der Waals surface area (Å²) >= 11 is 1.67. The van der Waals surface area contributed by atoms with Gasteiger partial charge in [-0.25, -0.2) is 4.98 Å². The first kappa shape index (κ1) is 20.4. The summed E-state index contributed by atoms with van der Waals surface area (Å²) in [7, 11) is 1.77. The number of aliphatic imine (C=N–C) groups is 1. The number of guanidine groups is 1. The first-order chi connectivity index (χ1) is 12.3. The third kappa shape index (κ3) is 6.10. The monoisotopic (exact) mass is 482 g/mol. The second kappa shape index (κ2) is 10.9. The van der Waals surface area contributed by atoms with Crippen molar-refractivity contribution in [2.24, 2.45) is 4.99 Å². The van der Waals surface area contributed by atoms with E-state index in [1.807, 2.05) is 42.6 Å². The Morgan fingerprint density at radius 3 is 2.62 bits per heavy atom. The minimum absolute atomic E-state index is 0. The molecule has 0 spiro atoms. The smallest absolute Gasteiger partial charge is 0.191 e. The third-order valence-electron chi connectivity index (χ3n) is 3.61. The Morgan fingerprint density at radius 2 is 1.85 bits per heavy atom.